The Balaban J connectivity index is 2.95. The molecule has 1 aromatic rings. The third-order valence-electron chi connectivity index (χ3n) is 1.90. The molecule has 0 aliphatic carbocycles. The maximum absolute atomic E-state index is 13.2. The number of imide groups is 1. The van der Waals surface area contributed by atoms with Crippen LogP contribution < -0.4 is 0 Å². The molecule has 0 bridgehead atoms. The van der Waals surface area contributed by atoms with Gasteiger partial charge in [0.2, 0.25) is 5.91 Å². The summed E-state index contributed by atoms with van der Waals surface area (Å²) in [5, 5.41) is 7.48. The largest absolute Gasteiger partial charge is 0.278 e. The lowest BCUT2D eigenvalue weighted by Gasteiger charge is -2.15. The standard InChI is InChI=1S/C10H9ClFNO3/c1-6(14)13(16)10(15)9(11)7-4-2-3-5-8(7)12/h2-5,9,16H,1H3. The molecular formula is C10H9ClFNO3. The van der Waals surface area contributed by atoms with Crippen molar-refractivity contribution in [2.24, 2.45) is 0 Å². The average molecular weight is 246 g/mol. The Morgan fingerprint density at radius 2 is 2.00 bits per heavy atom. The van der Waals surface area contributed by atoms with Crippen LogP contribution in [0.25, 0.3) is 0 Å². The summed E-state index contributed by atoms with van der Waals surface area (Å²) in [5.41, 5.74) is -0.0885. The molecule has 0 spiro atoms. The van der Waals surface area contributed by atoms with E-state index in [9.17, 15) is 14.0 Å². The van der Waals surface area contributed by atoms with Gasteiger partial charge in [-0.1, -0.05) is 18.2 Å². The maximum atomic E-state index is 13.2. The predicted octanol–water partition coefficient (Wildman–Crippen LogP) is 1.87. The first-order valence-corrected chi connectivity index (χ1v) is 4.80. The number of carbonyl (C=O) groups is 2. The normalized spacial score (nSPS) is 12.0. The summed E-state index contributed by atoms with van der Waals surface area (Å²) in [4.78, 5) is 22.1. The van der Waals surface area contributed by atoms with Crippen molar-refractivity contribution in [3.05, 3.63) is 35.6 Å². The molecular weight excluding hydrogens is 237 g/mol. The summed E-state index contributed by atoms with van der Waals surface area (Å²) in [5.74, 6) is -2.64. The average Bonchev–Trinajstić information content (AvgIpc) is 2.26. The van der Waals surface area contributed by atoms with Gasteiger partial charge in [0, 0.05) is 12.5 Å². The summed E-state index contributed by atoms with van der Waals surface area (Å²) in [7, 11) is 0. The van der Waals surface area contributed by atoms with E-state index >= 15 is 0 Å². The van der Waals surface area contributed by atoms with E-state index in [-0.39, 0.29) is 10.6 Å². The number of hydrogen-bond acceptors (Lipinski definition) is 3. The number of benzene rings is 1. The van der Waals surface area contributed by atoms with Crippen molar-refractivity contribution < 1.29 is 19.2 Å². The van der Waals surface area contributed by atoms with Crippen LogP contribution in [-0.4, -0.2) is 22.1 Å². The Morgan fingerprint density at radius 1 is 1.44 bits per heavy atom. The van der Waals surface area contributed by atoms with Crippen molar-refractivity contribution in [2.75, 3.05) is 0 Å². The zero-order chi connectivity index (χ0) is 12.3. The minimum Gasteiger partial charge on any atom is -0.278 e. The van der Waals surface area contributed by atoms with Crippen LogP contribution in [0.3, 0.4) is 0 Å². The molecule has 0 aliphatic heterocycles. The highest BCUT2D eigenvalue weighted by molar-refractivity contribution is 6.31. The minimum absolute atomic E-state index is 0.0885. The van der Waals surface area contributed by atoms with Crippen LogP contribution in [0.5, 0.6) is 0 Å². The molecule has 86 valence electrons. The van der Waals surface area contributed by atoms with Gasteiger partial charge in [-0.2, -0.15) is 5.06 Å². The van der Waals surface area contributed by atoms with Crippen LogP contribution in [-0.2, 0) is 9.59 Å². The lowest BCUT2D eigenvalue weighted by atomic mass is 10.1. The van der Waals surface area contributed by atoms with Gasteiger partial charge >= 0.3 is 0 Å². The molecule has 0 radical (unpaired) electrons. The SMILES string of the molecule is CC(=O)N(O)C(=O)C(Cl)c1ccccc1F. The third-order valence-corrected chi connectivity index (χ3v) is 2.32. The number of carbonyl (C=O) groups excluding carboxylic acids is 2. The number of halogens is 2. The number of hydroxylamine groups is 2. The molecule has 0 aliphatic rings. The fraction of sp³-hybridized carbons (Fsp3) is 0.200. The number of nitrogens with zero attached hydrogens (tertiary/aromatic N) is 1. The predicted molar refractivity (Wildman–Crippen MR) is 54.3 cm³/mol. The summed E-state index contributed by atoms with van der Waals surface area (Å²) in [6.07, 6.45) is 0. The fourth-order valence-electron chi connectivity index (χ4n) is 1.08. The van der Waals surface area contributed by atoms with Crippen LogP contribution in [0.2, 0.25) is 0 Å². The van der Waals surface area contributed by atoms with Gasteiger partial charge in [-0.3, -0.25) is 14.8 Å². The second kappa shape index (κ2) is 5.05. The van der Waals surface area contributed by atoms with E-state index in [4.69, 9.17) is 16.8 Å². The van der Waals surface area contributed by atoms with Crippen LogP contribution in [0.1, 0.15) is 17.9 Å². The highest BCUT2D eigenvalue weighted by Gasteiger charge is 2.27. The van der Waals surface area contributed by atoms with Crippen molar-refractivity contribution >= 4 is 23.4 Å². The second-order valence-corrected chi connectivity index (χ2v) is 3.49. The number of hydrogen-bond donors (Lipinski definition) is 1. The molecule has 1 rings (SSSR count). The molecule has 4 nitrogen and oxygen atoms in total. The first kappa shape index (κ1) is 12.6. The van der Waals surface area contributed by atoms with Crippen LogP contribution >= 0.6 is 11.6 Å². The third kappa shape index (κ3) is 2.56. The van der Waals surface area contributed by atoms with Crippen molar-refractivity contribution in [3.8, 4) is 0 Å². The van der Waals surface area contributed by atoms with Crippen molar-refractivity contribution in [2.45, 2.75) is 12.3 Å². The van der Waals surface area contributed by atoms with E-state index in [1.807, 2.05) is 0 Å². The molecule has 0 saturated carbocycles. The van der Waals surface area contributed by atoms with Gasteiger partial charge in [-0.15, -0.1) is 11.6 Å². The smallest absolute Gasteiger partial charge is 0.275 e. The first-order valence-electron chi connectivity index (χ1n) is 4.37. The Bertz CT molecular complexity index is 424. The highest BCUT2D eigenvalue weighted by Crippen LogP contribution is 2.24. The monoisotopic (exact) mass is 245 g/mol. The van der Waals surface area contributed by atoms with Crippen molar-refractivity contribution in [1.29, 1.82) is 0 Å². The van der Waals surface area contributed by atoms with E-state index in [2.05, 4.69) is 0 Å². The van der Waals surface area contributed by atoms with Gasteiger partial charge in [0.25, 0.3) is 5.91 Å². The van der Waals surface area contributed by atoms with E-state index in [1.165, 1.54) is 18.2 Å². The van der Waals surface area contributed by atoms with E-state index in [0.29, 0.717) is 0 Å². The molecule has 0 saturated heterocycles. The molecule has 1 unspecified atom stereocenters. The summed E-state index contributed by atoms with van der Waals surface area (Å²) in [6, 6.07) is 5.37. The Labute approximate surface area is 96.2 Å². The van der Waals surface area contributed by atoms with Crippen LogP contribution in [0.4, 0.5) is 4.39 Å². The van der Waals surface area contributed by atoms with Gasteiger partial charge in [0.1, 0.15) is 11.2 Å². The Hall–Kier alpha value is -1.46. The summed E-state index contributed by atoms with van der Waals surface area (Å²) < 4.78 is 13.2. The molecule has 16 heavy (non-hydrogen) atoms. The van der Waals surface area contributed by atoms with Crippen LogP contribution in [0, 0.1) is 5.82 Å². The number of amides is 2. The minimum atomic E-state index is -1.44. The van der Waals surface area contributed by atoms with Gasteiger partial charge in [0.05, 0.1) is 0 Å². The summed E-state index contributed by atoms with van der Waals surface area (Å²) >= 11 is 5.66. The van der Waals surface area contributed by atoms with E-state index in [1.54, 1.807) is 0 Å². The van der Waals surface area contributed by atoms with Crippen molar-refractivity contribution in [3.63, 3.8) is 0 Å². The summed E-state index contributed by atoms with van der Waals surface area (Å²) in [6.45, 7) is 0.989. The molecule has 2 amide bonds. The molecule has 1 aromatic carbocycles. The fourth-order valence-corrected chi connectivity index (χ4v) is 1.35. The molecule has 0 aromatic heterocycles. The molecule has 1 atom stereocenters. The topological polar surface area (TPSA) is 57.6 Å². The zero-order valence-electron chi connectivity index (χ0n) is 8.35. The van der Waals surface area contributed by atoms with Gasteiger partial charge in [-0.25, -0.2) is 4.39 Å². The van der Waals surface area contributed by atoms with E-state index in [0.717, 1.165) is 13.0 Å². The zero-order valence-corrected chi connectivity index (χ0v) is 9.11. The Morgan fingerprint density at radius 3 is 2.50 bits per heavy atom. The Kier molecular flexibility index (Phi) is 3.98. The number of alkyl halides is 1. The first-order chi connectivity index (χ1) is 7.45. The van der Waals surface area contributed by atoms with Gasteiger partial charge in [0.15, 0.2) is 0 Å². The van der Waals surface area contributed by atoms with Gasteiger partial charge in [-0.05, 0) is 6.07 Å². The quantitative estimate of drug-likeness (QED) is 0.492. The van der Waals surface area contributed by atoms with Crippen LogP contribution in [0.15, 0.2) is 24.3 Å². The number of rotatable bonds is 2. The highest BCUT2D eigenvalue weighted by atomic mass is 35.5. The molecule has 1 N–H and O–H groups in total. The molecule has 0 fully saturated rings. The van der Waals surface area contributed by atoms with Crippen molar-refractivity contribution in [1.82, 2.24) is 5.06 Å². The lowest BCUT2D eigenvalue weighted by Crippen LogP contribution is -2.34. The maximum Gasteiger partial charge on any atom is 0.275 e. The molecule has 0 heterocycles. The lowest BCUT2D eigenvalue weighted by molar-refractivity contribution is -0.177. The molecule has 6 heteroatoms. The second-order valence-electron chi connectivity index (χ2n) is 3.05. The van der Waals surface area contributed by atoms with Gasteiger partial charge < -0.3 is 0 Å². The van der Waals surface area contributed by atoms with E-state index < -0.39 is 23.0 Å².